The van der Waals surface area contributed by atoms with Gasteiger partial charge in [-0.1, -0.05) is 24.3 Å². The molecule has 0 unspecified atom stereocenters. The number of rotatable bonds is 1. The van der Waals surface area contributed by atoms with Crippen molar-refractivity contribution >= 4 is 26.8 Å². The van der Waals surface area contributed by atoms with Crippen molar-refractivity contribution in [1.82, 2.24) is 9.97 Å². The lowest BCUT2D eigenvalue weighted by Crippen LogP contribution is -1.86. The number of para-hydroxylation sites is 1. The van der Waals surface area contributed by atoms with Crippen molar-refractivity contribution in [3.05, 3.63) is 59.3 Å². The first-order valence-corrected chi connectivity index (χ1v) is 6.10. The van der Waals surface area contributed by atoms with Crippen molar-refractivity contribution in [2.24, 2.45) is 0 Å². The van der Waals surface area contributed by atoms with E-state index in [-0.39, 0.29) is 0 Å². The molecule has 0 aliphatic heterocycles. The molecule has 3 aromatic rings. The minimum atomic E-state index is 0.836. The topological polar surface area (TPSA) is 25.8 Å². The maximum absolute atomic E-state index is 4.43. The van der Waals surface area contributed by atoms with Crippen molar-refractivity contribution in [2.75, 3.05) is 0 Å². The average Bonchev–Trinajstić information content (AvgIpc) is 2.38. The van der Waals surface area contributed by atoms with Gasteiger partial charge in [0.25, 0.3) is 0 Å². The second-order valence-corrected chi connectivity index (χ2v) is 4.57. The standard InChI is InChI=1S/C14H9BrN2/c15-14-7-3-6-13(17-14)11-8-10-4-1-2-5-12(10)16-9-11/h1-9H. The van der Waals surface area contributed by atoms with Gasteiger partial charge in [-0.25, -0.2) is 4.98 Å². The Labute approximate surface area is 107 Å². The van der Waals surface area contributed by atoms with Crippen molar-refractivity contribution in [2.45, 2.75) is 0 Å². The van der Waals surface area contributed by atoms with Crippen LogP contribution in [-0.4, -0.2) is 9.97 Å². The molecular formula is C14H9BrN2. The quantitative estimate of drug-likeness (QED) is 0.630. The van der Waals surface area contributed by atoms with E-state index in [4.69, 9.17) is 0 Å². The van der Waals surface area contributed by atoms with Gasteiger partial charge >= 0.3 is 0 Å². The van der Waals surface area contributed by atoms with E-state index >= 15 is 0 Å². The summed E-state index contributed by atoms with van der Waals surface area (Å²) in [6.07, 6.45) is 1.86. The highest BCUT2D eigenvalue weighted by molar-refractivity contribution is 9.10. The van der Waals surface area contributed by atoms with Gasteiger partial charge in [0.05, 0.1) is 11.2 Å². The van der Waals surface area contributed by atoms with Crippen molar-refractivity contribution in [1.29, 1.82) is 0 Å². The van der Waals surface area contributed by atoms with Crippen LogP contribution in [0.4, 0.5) is 0 Å². The van der Waals surface area contributed by atoms with E-state index in [0.717, 1.165) is 26.8 Å². The summed E-state index contributed by atoms with van der Waals surface area (Å²) < 4.78 is 0.836. The first-order chi connectivity index (χ1) is 8.33. The second-order valence-electron chi connectivity index (χ2n) is 3.76. The Morgan fingerprint density at radius 2 is 1.82 bits per heavy atom. The van der Waals surface area contributed by atoms with Crippen LogP contribution in [0.25, 0.3) is 22.2 Å². The second kappa shape index (κ2) is 4.26. The first-order valence-electron chi connectivity index (χ1n) is 5.31. The molecule has 0 radical (unpaired) electrons. The van der Waals surface area contributed by atoms with Crippen molar-refractivity contribution in [3.63, 3.8) is 0 Å². The molecule has 2 aromatic heterocycles. The maximum atomic E-state index is 4.43. The van der Waals surface area contributed by atoms with Crippen LogP contribution in [0.15, 0.2) is 59.3 Å². The predicted molar refractivity (Wildman–Crippen MR) is 72.7 cm³/mol. The minimum absolute atomic E-state index is 0.836. The van der Waals surface area contributed by atoms with Gasteiger partial charge in [0.2, 0.25) is 0 Å². The molecule has 0 fully saturated rings. The van der Waals surface area contributed by atoms with Crippen LogP contribution in [0.1, 0.15) is 0 Å². The summed E-state index contributed by atoms with van der Waals surface area (Å²) >= 11 is 3.38. The summed E-state index contributed by atoms with van der Waals surface area (Å²) in [6, 6.07) is 16.1. The van der Waals surface area contributed by atoms with E-state index in [1.54, 1.807) is 0 Å². The number of hydrogen-bond donors (Lipinski definition) is 0. The smallest absolute Gasteiger partial charge is 0.106 e. The molecule has 0 saturated heterocycles. The van der Waals surface area contributed by atoms with Crippen LogP contribution in [-0.2, 0) is 0 Å². The van der Waals surface area contributed by atoms with E-state index < -0.39 is 0 Å². The average molecular weight is 285 g/mol. The molecule has 0 spiro atoms. The van der Waals surface area contributed by atoms with Gasteiger partial charge in [0, 0.05) is 17.1 Å². The number of nitrogens with zero attached hydrogens (tertiary/aromatic N) is 2. The van der Waals surface area contributed by atoms with Crippen LogP contribution in [0.3, 0.4) is 0 Å². The Morgan fingerprint density at radius 1 is 0.941 bits per heavy atom. The number of halogens is 1. The summed E-state index contributed by atoms with van der Waals surface area (Å²) in [5.74, 6) is 0. The van der Waals surface area contributed by atoms with Crippen LogP contribution >= 0.6 is 15.9 Å². The Bertz CT molecular complexity index is 680. The zero-order chi connectivity index (χ0) is 11.7. The maximum Gasteiger partial charge on any atom is 0.106 e. The number of hydrogen-bond acceptors (Lipinski definition) is 2. The fourth-order valence-corrected chi connectivity index (χ4v) is 2.12. The summed E-state index contributed by atoms with van der Waals surface area (Å²) in [5, 5.41) is 1.13. The zero-order valence-corrected chi connectivity index (χ0v) is 10.6. The summed E-state index contributed by atoms with van der Waals surface area (Å²) in [4.78, 5) is 8.86. The van der Waals surface area contributed by atoms with E-state index in [1.807, 2.05) is 42.6 Å². The van der Waals surface area contributed by atoms with Gasteiger partial charge in [-0.3, -0.25) is 4.98 Å². The van der Waals surface area contributed by atoms with Gasteiger partial charge < -0.3 is 0 Å². The summed E-state index contributed by atoms with van der Waals surface area (Å²) in [5.41, 5.74) is 2.97. The third-order valence-corrected chi connectivity index (χ3v) is 3.04. The SMILES string of the molecule is Brc1cccc(-c2cnc3ccccc3c2)n1. The Balaban J connectivity index is 2.18. The Kier molecular flexibility index (Phi) is 2.61. The van der Waals surface area contributed by atoms with Gasteiger partial charge in [-0.05, 0) is 40.2 Å². The fourth-order valence-electron chi connectivity index (χ4n) is 1.78. The lowest BCUT2D eigenvalue weighted by atomic mass is 10.1. The molecule has 2 heterocycles. The lowest BCUT2D eigenvalue weighted by Gasteiger charge is -2.02. The highest BCUT2D eigenvalue weighted by atomic mass is 79.9. The van der Waals surface area contributed by atoms with Crippen molar-refractivity contribution < 1.29 is 0 Å². The van der Waals surface area contributed by atoms with Gasteiger partial charge in [-0.15, -0.1) is 0 Å². The predicted octanol–water partition coefficient (Wildman–Crippen LogP) is 4.06. The monoisotopic (exact) mass is 284 g/mol. The van der Waals surface area contributed by atoms with Crippen LogP contribution in [0.5, 0.6) is 0 Å². The molecule has 3 heteroatoms. The summed E-state index contributed by atoms with van der Waals surface area (Å²) in [7, 11) is 0. The molecule has 0 aliphatic carbocycles. The molecule has 1 aromatic carbocycles. The lowest BCUT2D eigenvalue weighted by molar-refractivity contribution is 1.27. The molecule has 3 rings (SSSR count). The number of aromatic nitrogens is 2. The highest BCUT2D eigenvalue weighted by Gasteiger charge is 2.02. The van der Waals surface area contributed by atoms with Crippen LogP contribution in [0, 0.1) is 0 Å². The molecule has 82 valence electrons. The molecule has 0 bridgehead atoms. The normalized spacial score (nSPS) is 10.6. The molecular weight excluding hydrogens is 276 g/mol. The van der Waals surface area contributed by atoms with E-state index in [1.165, 1.54) is 0 Å². The Hall–Kier alpha value is -1.74. The summed E-state index contributed by atoms with van der Waals surface area (Å²) in [6.45, 7) is 0. The molecule has 2 nitrogen and oxygen atoms in total. The van der Waals surface area contributed by atoms with Crippen LogP contribution in [0.2, 0.25) is 0 Å². The van der Waals surface area contributed by atoms with Gasteiger partial charge in [0.1, 0.15) is 4.60 Å². The molecule has 0 amide bonds. The number of benzene rings is 1. The number of fused-ring (bicyclic) bond motifs is 1. The number of pyridine rings is 2. The third-order valence-electron chi connectivity index (χ3n) is 2.60. The highest BCUT2D eigenvalue weighted by Crippen LogP contribution is 2.22. The van der Waals surface area contributed by atoms with Gasteiger partial charge in [-0.2, -0.15) is 0 Å². The first kappa shape index (κ1) is 10.4. The van der Waals surface area contributed by atoms with E-state index in [0.29, 0.717) is 0 Å². The Morgan fingerprint density at radius 3 is 2.71 bits per heavy atom. The van der Waals surface area contributed by atoms with Crippen molar-refractivity contribution in [3.8, 4) is 11.3 Å². The molecule has 17 heavy (non-hydrogen) atoms. The molecule has 0 atom stereocenters. The van der Waals surface area contributed by atoms with E-state index in [9.17, 15) is 0 Å². The minimum Gasteiger partial charge on any atom is -0.256 e. The third kappa shape index (κ3) is 2.06. The zero-order valence-electron chi connectivity index (χ0n) is 8.97. The molecule has 0 N–H and O–H groups in total. The fraction of sp³-hybridized carbons (Fsp3) is 0. The van der Waals surface area contributed by atoms with Gasteiger partial charge in [0.15, 0.2) is 0 Å². The molecule has 0 aliphatic rings. The van der Waals surface area contributed by atoms with Crippen LogP contribution < -0.4 is 0 Å². The largest absolute Gasteiger partial charge is 0.256 e. The molecule has 0 saturated carbocycles. The van der Waals surface area contributed by atoms with E-state index in [2.05, 4.69) is 38.0 Å².